The minimum atomic E-state index is 0.441. The van der Waals surface area contributed by atoms with Crippen LogP contribution in [0.5, 0.6) is 0 Å². The zero-order valence-corrected chi connectivity index (χ0v) is 13.2. The Morgan fingerprint density at radius 1 is 1.11 bits per heavy atom. The Labute approximate surface area is 119 Å². The molecule has 3 nitrogen and oxygen atoms in total. The SMILES string of the molecule is CCN1CCCC(NCC2(N(C)C)CCCC2)CC1. The van der Waals surface area contributed by atoms with Gasteiger partial charge in [0.15, 0.2) is 0 Å². The monoisotopic (exact) mass is 267 g/mol. The highest BCUT2D eigenvalue weighted by atomic mass is 15.2. The lowest BCUT2D eigenvalue weighted by Gasteiger charge is -2.38. The van der Waals surface area contributed by atoms with Crippen molar-refractivity contribution in [1.29, 1.82) is 0 Å². The Balaban J connectivity index is 1.80. The lowest BCUT2D eigenvalue weighted by molar-refractivity contribution is 0.147. The molecule has 112 valence electrons. The predicted molar refractivity (Wildman–Crippen MR) is 82.6 cm³/mol. The fourth-order valence-electron chi connectivity index (χ4n) is 3.83. The minimum absolute atomic E-state index is 0.441. The molecule has 0 aromatic carbocycles. The first-order valence-corrected chi connectivity index (χ1v) is 8.29. The number of hydrogen-bond donors (Lipinski definition) is 1. The molecule has 1 saturated heterocycles. The molecular weight excluding hydrogens is 234 g/mol. The molecule has 1 heterocycles. The topological polar surface area (TPSA) is 18.5 Å². The van der Waals surface area contributed by atoms with Gasteiger partial charge in [0.2, 0.25) is 0 Å². The minimum Gasteiger partial charge on any atom is -0.312 e. The number of nitrogens with zero attached hydrogens (tertiary/aromatic N) is 2. The number of nitrogens with one attached hydrogen (secondary N) is 1. The van der Waals surface area contributed by atoms with E-state index in [-0.39, 0.29) is 0 Å². The van der Waals surface area contributed by atoms with Crippen LogP contribution in [0.4, 0.5) is 0 Å². The summed E-state index contributed by atoms with van der Waals surface area (Å²) in [5.74, 6) is 0. The van der Waals surface area contributed by atoms with Gasteiger partial charge in [-0.3, -0.25) is 0 Å². The van der Waals surface area contributed by atoms with Crippen molar-refractivity contribution in [2.24, 2.45) is 0 Å². The Morgan fingerprint density at radius 2 is 1.84 bits per heavy atom. The fourth-order valence-corrected chi connectivity index (χ4v) is 3.83. The van der Waals surface area contributed by atoms with Crippen molar-refractivity contribution in [3.8, 4) is 0 Å². The molecule has 1 aliphatic carbocycles. The highest BCUT2D eigenvalue weighted by Gasteiger charge is 2.36. The first kappa shape index (κ1) is 15.3. The van der Waals surface area contributed by atoms with E-state index in [1.807, 2.05) is 0 Å². The lowest BCUT2D eigenvalue weighted by Crippen LogP contribution is -2.51. The molecule has 19 heavy (non-hydrogen) atoms. The van der Waals surface area contributed by atoms with Gasteiger partial charge in [0.05, 0.1) is 0 Å². The van der Waals surface area contributed by atoms with Crippen LogP contribution in [-0.2, 0) is 0 Å². The first-order valence-electron chi connectivity index (χ1n) is 8.29. The molecule has 2 rings (SSSR count). The number of rotatable bonds is 5. The molecule has 0 aromatic rings. The first-order chi connectivity index (χ1) is 9.16. The van der Waals surface area contributed by atoms with Crippen molar-refractivity contribution < 1.29 is 0 Å². The van der Waals surface area contributed by atoms with Crippen molar-refractivity contribution in [2.75, 3.05) is 40.3 Å². The third kappa shape index (κ3) is 3.93. The van der Waals surface area contributed by atoms with Crippen LogP contribution < -0.4 is 5.32 Å². The van der Waals surface area contributed by atoms with E-state index in [1.54, 1.807) is 0 Å². The van der Waals surface area contributed by atoms with E-state index < -0.39 is 0 Å². The maximum Gasteiger partial charge on any atom is 0.0327 e. The van der Waals surface area contributed by atoms with Crippen LogP contribution in [0, 0.1) is 0 Å². The summed E-state index contributed by atoms with van der Waals surface area (Å²) in [5, 5.41) is 3.90. The van der Waals surface area contributed by atoms with Crippen molar-refractivity contribution >= 4 is 0 Å². The highest BCUT2D eigenvalue weighted by Crippen LogP contribution is 2.33. The highest BCUT2D eigenvalue weighted by molar-refractivity contribution is 4.95. The van der Waals surface area contributed by atoms with Crippen LogP contribution in [0.15, 0.2) is 0 Å². The summed E-state index contributed by atoms with van der Waals surface area (Å²) in [5.41, 5.74) is 0.441. The molecular formula is C16H33N3. The molecule has 0 bridgehead atoms. The van der Waals surface area contributed by atoms with Gasteiger partial charge in [-0.05, 0) is 65.8 Å². The summed E-state index contributed by atoms with van der Waals surface area (Å²) in [6.45, 7) is 7.27. The molecule has 0 amide bonds. The van der Waals surface area contributed by atoms with Gasteiger partial charge < -0.3 is 15.1 Å². The maximum atomic E-state index is 3.90. The van der Waals surface area contributed by atoms with Gasteiger partial charge >= 0.3 is 0 Å². The fraction of sp³-hybridized carbons (Fsp3) is 1.00. The van der Waals surface area contributed by atoms with E-state index in [0.29, 0.717) is 5.54 Å². The largest absolute Gasteiger partial charge is 0.312 e. The van der Waals surface area contributed by atoms with E-state index >= 15 is 0 Å². The van der Waals surface area contributed by atoms with E-state index in [2.05, 4.69) is 36.1 Å². The molecule has 2 aliphatic rings. The van der Waals surface area contributed by atoms with Gasteiger partial charge in [0.1, 0.15) is 0 Å². The molecule has 0 aromatic heterocycles. The van der Waals surface area contributed by atoms with E-state index in [1.165, 1.54) is 71.1 Å². The summed E-state index contributed by atoms with van der Waals surface area (Å²) >= 11 is 0. The third-order valence-corrected chi connectivity index (χ3v) is 5.47. The van der Waals surface area contributed by atoms with Gasteiger partial charge in [-0.25, -0.2) is 0 Å². The van der Waals surface area contributed by atoms with Gasteiger partial charge in [0.25, 0.3) is 0 Å². The summed E-state index contributed by atoms with van der Waals surface area (Å²) < 4.78 is 0. The molecule has 0 radical (unpaired) electrons. The average Bonchev–Trinajstić information content (AvgIpc) is 2.77. The van der Waals surface area contributed by atoms with Gasteiger partial charge in [-0.2, -0.15) is 0 Å². The summed E-state index contributed by atoms with van der Waals surface area (Å²) in [6.07, 6.45) is 9.63. The van der Waals surface area contributed by atoms with Crippen molar-refractivity contribution in [3.63, 3.8) is 0 Å². The zero-order chi connectivity index (χ0) is 13.7. The second kappa shape index (κ2) is 7.05. The van der Waals surface area contributed by atoms with Gasteiger partial charge in [-0.15, -0.1) is 0 Å². The normalized spacial score (nSPS) is 28.7. The van der Waals surface area contributed by atoms with Crippen LogP contribution >= 0.6 is 0 Å². The summed E-state index contributed by atoms with van der Waals surface area (Å²) in [7, 11) is 4.53. The number of likely N-dealkylation sites (N-methyl/N-ethyl adjacent to an activating group) is 1. The van der Waals surface area contributed by atoms with Crippen LogP contribution in [0.2, 0.25) is 0 Å². The molecule has 1 unspecified atom stereocenters. The quantitative estimate of drug-likeness (QED) is 0.825. The Bertz CT molecular complexity index is 259. The molecule has 1 atom stereocenters. The summed E-state index contributed by atoms with van der Waals surface area (Å²) in [4.78, 5) is 5.07. The van der Waals surface area contributed by atoms with Crippen LogP contribution in [0.25, 0.3) is 0 Å². The molecule has 2 fully saturated rings. The van der Waals surface area contributed by atoms with Gasteiger partial charge in [-0.1, -0.05) is 19.8 Å². The average molecular weight is 267 g/mol. The lowest BCUT2D eigenvalue weighted by atomic mass is 9.95. The van der Waals surface area contributed by atoms with Gasteiger partial charge in [0, 0.05) is 18.1 Å². The van der Waals surface area contributed by atoms with Crippen LogP contribution in [0.3, 0.4) is 0 Å². The Morgan fingerprint density at radius 3 is 2.47 bits per heavy atom. The van der Waals surface area contributed by atoms with Crippen LogP contribution in [0.1, 0.15) is 51.9 Å². The van der Waals surface area contributed by atoms with E-state index in [0.717, 1.165) is 6.04 Å². The second-order valence-electron chi connectivity index (χ2n) is 6.77. The molecule has 1 aliphatic heterocycles. The van der Waals surface area contributed by atoms with E-state index in [4.69, 9.17) is 0 Å². The summed E-state index contributed by atoms with van der Waals surface area (Å²) in [6, 6.07) is 0.744. The smallest absolute Gasteiger partial charge is 0.0327 e. The molecule has 3 heteroatoms. The predicted octanol–water partition coefficient (Wildman–Crippen LogP) is 2.32. The van der Waals surface area contributed by atoms with E-state index in [9.17, 15) is 0 Å². The Hall–Kier alpha value is -0.120. The number of likely N-dealkylation sites (tertiary alicyclic amines) is 1. The number of hydrogen-bond acceptors (Lipinski definition) is 3. The van der Waals surface area contributed by atoms with Crippen molar-refractivity contribution in [1.82, 2.24) is 15.1 Å². The Kier molecular flexibility index (Phi) is 5.67. The van der Waals surface area contributed by atoms with Crippen molar-refractivity contribution in [3.05, 3.63) is 0 Å². The second-order valence-corrected chi connectivity index (χ2v) is 6.77. The molecule has 1 N–H and O–H groups in total. The molecule has 1 saturated carbocycles. The molecule has 0 spiro atoms. The van der Waals surface area contributed by atoms with Crippen molar-refractivity contribution in [2.45, 2.75) is 63.5 Å². The third-order valence-electron chi connectivity index (χ3n) is 5.47. The van der Waals surface area contributed by atoms with Crippen LogP contribution in [-0.4, -0.2) is 61.7 Å². The maximum absolute atomic E-state index is 3.90. The zero-order valence-electron chi connectivity index (χ0n) is 13.2. The standard InChI is InChI=1S/C16H33N3/c1-4-19-12-7-8-15(9-13-19)17-14-16(18(2)3)10-5-6-11-16/h15,17H,4-14H2,1-3H3.